The summed E-state index contributed by atoms with van der Waals surface area (Å²) in [5.41, 5.74) is 4.44. The number of carbonyl (C=O) groups is 1. The SMILES string of the molecule is C=C(C)C(C)(CC)CCC(C)C1CCC2(C)C3CCC4C(C)C(OC(=O)C=Cc5ccc(O)cc5)CCC45CC35CCC12C. The van der Waals surface area contributed by atoms with Crippen LogP contribution in [0.4, 0.5) is 0 Å². The van der Waals surface area contributed by atoms with Gasteiger partial charge in [-0.1, -0.05) is 65.8 Å². The second kappa shape index (κ2) is 11.0. The third-order valence-corrected chi connectivity index (χ3v) is 15.9. The summed E-state index contributed by atoms with van der Waals surface area (Å²) in [6, 6.07) is 6.91. The summed E-state index contributed by atoms with van der Waals surface area (Å²) in [7, 11) is 0. The number of rotatable bonds is 9. The van der Waals surface area contributed by atoms with Gasteiger partial charge in [0.2, 0.25) is 0 Å². The van der Waals surface area contributed by atoms with Crippen molar-refractivity contribution < 1.29 is 14.6 Å². The minimum atomic E-state index is -0.236. The van der Waals surface area contributed by atoms with Gasteiger partial charge in [0.15, 0.2) is 0 Å². The molecule has 3 heteroatoms. The van der Waals surface area contributed by atoms with E-state index < -0.39 is 0 Å². The van der Waals surface area contributed by atoms with E-state index in [9.17, 15) is 9.90 Å². The van der Waals surface area contributed by atoms with Crippen LogP contribution in [0.3, 0.4) is 0 Å². The number of carbonyl (C=O) groups excluding carboxylic acids is 1. The number of aromatic hydroxyl groups is 1. The predicted molar refractivity (Wildman–Crippen MR) is 181 cm³/mol. The molecule has 3 nitrogen and oxygen atoms in total. The fourth-order valence-corrected chi connectivity index (χ4v) is 12.5. The Balaban J connectivity index is 1.12. The smallest absolute Gasteiger partial charge is 0.331 e. The molecule has 0 heterocycles. The van der Waals surface area contributed by atoms with E-state index in [1.54, 1.807) is 24.3 Å². The molecule has 0 bridgehead atoms. The maximum Gasteiger partial charge on any atom is 0.331 e. The van der Waals surface area contributed by atoms with E-state index in [1.165, 1.54) is 76.2 Å². The molecule has 0 radical (unpaired) electrons. The normalized spacial score (nSPS) is 42.8. The van der Waals surface area contributed by atoms with Crippen LogP contribution < -0.4 is 0 Å². The van der Waals surface area contributed by atoms with Crippen LogP contribution in [0.1, 0.15) is 131 Å². The summed E-state index contributed by atoms with van der Waals surface area (Å²) in [5, 5.41) is 9.52. The van der Waals surface area contributed by atoms with E-state index in [1.807, 2.05) is 12.1 Å². The van der Waals surface area contributed by atoms with Gasteiger partial charge >= 0.3 is 5.97 Å². The monoisotopic (exact) mass is 600 g/mol. The van der Waals surface area contributed by atoms with Gasteiger partial charge in [-0.3, -0.25) is 0 Å². The lowest BCUT2D eigenvalue weighted by atomic mass is 9.43. The lowest BCUT2D eigenvalue weighted by Crippen LogP contribution is -2.56. The molecule has 11 atom stereocenters. The van der Waals surface area contributed by atoms with Crippen LogP contribution >= 0.6 is 0 Å². The Labute approximate surface area is 268 Å². The summed E-state index contributed by atoms with van der Waals surface area (Å²) in [6.07, 6.45) is 19.2. The van der Waals surface area contributed by atoms with Crippen molar-refractivity contribution in [3.63, 3.8) is 0 Å². The summed E-state index contributed by atoms with van der Waals surface area (Å²) in [5.74, 6) is 3.58. The van der Waals surface area contributed by atoms with Crippen molar-refractivity contribution >= 4 is 12.0 Å². The zero-order chi connectivity index (χ0) is 31.7. The van der Waals surface area contributed by atoms with E-state index in [2.05, 4.69) is 55.0 Å². The maximum absolute atomic E-state index is 12.9. The minimum Gasteiger partial charge on any atom is -0.508 e. The van der Waals surface area contributed by atoms with Crippen molar-refractivity contribution in [1.29, 1.82) is 0 Å². The van der Waals surface area contributed by atoms with Gasteiger partial charge in [-0.25, -0.2) is 4.79 Å². The molecule has 0 aromatic heterocycles. The molecule has 1 N–H and O–H groups in total. The number of esters is 1. The number of hydrogen-bond acceptors (Lipinski definition) is 3. The van der Waals surface area contributed by atoms with Gasteiger partial charge in [-0.05, 0) is 164 Å². The molecule has 0 aliphatic heterocycles. The molecule has 2 spiro atoms. The van der Waals surface area contributed by atoms with Crippen LogP contribution in [-0.2, 0) is 9.53 Å². The largest absolute Gasteiger partial charge is 0.508 e. The van der Waals surface area contributed by atoms with Crippen LogP contribution in [0.25, 0.3) is 6.08 Å². The standard InChI is InChI=1S/C41H60O3/c1-9-37(6,27(2)3)21-18-28(4)32-19-22-39(8)35-16-15-33-29(5)34(44-36(43)17-12-30-10-13-31(42)14-11-30)20-23-40(33)26-41(35,40)25-24-38(32,39)7/h10-14,17,28-29,32-35,42H,2,9,15-16,18-26H2,1,3-8H3. The summed E-state index contributed by atoms with van der Waals surface area (Å²) >= 11 is 0. The van der Waals surface area contributed by atoms with Gasteiger partial charge in [0.05, 0.1) is 0 Å². The third kappa shape index (κ3) is 4.67. The molecule has 5 aliphatic rings. The Morgan fingerprint density at radius 2 is 1.80 bits per heavy atom. The van der Waals surface area contributed by atoms with Crippen molar-refractivity contribution in [1.82, 2.24) is 0 Å². The highest BCUT2D eigenvalue weighted by molar-refractivity contribution is 5.87. The highest BCUT2D eigenvalue weighted by Gasteiger charge is 2.81. The second-order valence-corrected chi connectivity index (χ2v) is 17.2. The minimum absolute atomic E-state index is 0.0194. The van der Waals surface area contributed by atoms with Crippen molar-refractivity contribution in [2.45, 2.75) is 132 Å². The molecular formula is C41H60O3. The summed E-state index contributed by atoms with van der Waals surface area (Å²) in [4.78, 5) is 12.9. The van der Waals surface area contributed by atoms with E-state index in [-0.39, 0.29) is 23.2 Å². The van der Waals surface area contributed by atoms with Crippen LogP contribution in [0.5, 0.6) is 5.75 Å². The number of allylic oxidation sites excluding steroid dienone is 1. The quantitative estimate of drug-likeness (QED) is 0.174. The van der Waals surface area contributed by atoms with E-state index in [4.69, 9.17) is 4.74 Å². The van der Waals surface area contributed by atoms with E-state index in [0.29, 0.717) is 33.5 Å². The van der Waals surface area contributed by atoms with Crippen LogP contribution in [-0.4, -0.2) is 17.2 Å². The number of fused-ring (bicyclic) bond motifs is 2. The van der Waals surface area contributed by atoms with E-state index in [0.717, 1.165) is 29.7 Å². The second-order valence-electron chi connectivity index (χ2n) is 17.2. The highest BCUT2D eigenvalue weighted by atomic mass is 16.5. The van der Waals surface area contributed by atoms with Crippen LogP contribution in [0, 0.1) is 56.7 Å². The zero-order valence-electron chi connectivity index (χ0n) is 28.9. The van der Waals surface area contributed by atoms with Gasteiger partial charge in [-0.15, -0.1) is 0 Å². The molecule has 11 unspecified atom stereocenters. The fraction of sp³-hybridized carbons (Fsp3) is 0.732. The maximum atomic E-state index is 12.9. The van der Waals surface area contributed by atoms with Crippen molar-refractivity contribution in [3.8, 4) is 5.75 Å². The third-order valence-electron chi connectivity index (χ3n) is 15.9. The first-order valence-corrected chi connectivity index (χ1v) is 18.1. The Hall–Kier alpha value is -2.03. The molecule has 1 aromatic rings. The molecule has 5 saturated carbocycles. The number of phenols is 1. The molecule has 0 saturated heterocycles. The molecule has 5 aliphatic carbocycles. The first kappa shape index (κ1) is 31.9. The molecule has 44 heavy (non-hydrogen) atoms. The number of hydrogen-bond donors (Lipinski definition) is 1. The topological polar surface area (TPSA) is 46.5 Å². The molecule has 6 rings (SSSR count). The lowest BCUT2D eigenvalue weighted by molar-refractivity contribution is -0.162. The molecule has 1 aromatic carbocycles. The fourth-order valence-electron chi connectivity index (χ4n) is 12.5. The summed E-state index contributed by atoms with van der Waals surface area (Å²) in [6.45, 7) is 21.8. The number of benzene rings is 1. The van der Waals surface area contributed by atoms with Gasteiger partial charge < -0.3 is 9.84 Å². The average Bonchev–Trinajstić information content (AvgIpc) is 3.58. The lowest BCUT2D eigenvalue weighted by Gasteiger charge is -2.62. The van der Waals surface area contributed by atoms with E-state index >= 15 is 0 Å². The van der Waals surface area contributed by atoms with Crippen molar-refractivity contribution in [2.24, 2.45) is 56.7 Å². The van der Waals surface area contributed by atoms with Crippen LogP contribution in [0.15, 0.2) is 42.5 Å². The van der Waals surface area contributed by atoms with Gasteiger partial charge in [0, 0.05) is 6.08 Å². The Morgan fingerprint density at radius 1 is 1.07 bits per heavy atom. The Morgan fingerprint density at radius 3 is 2.48 bits per heavy atom. The first-order valence-electron chi connectivity index (χ1n) is 18.1. The van der Waals surface area contributed by atoms with Crippen LogP contribution in [0.2, 0.25) is 0 Å². The highest BCUT2D eigenvalue weighted by Crippen LogP contribution is 2.88. The molecule has 0 amide bonds. The van der Waals surface area contributed by atoms with Gasteiger partial charge in [-0.2, -0.15) is 0 Å². The zero-order valence-corrected chi connectivity index (χ0v) is 28.9. The summed E-state index contributed by atoms with van der Waals surface area (Å²) < 4.78 is 6.13. The Kier molecular flexibility index (Phi) is 8.02. The molecule has 242 valence electrons. The molecular weight excluding hydrogens is 540 g/mol. The number of phenolic OH excluding ortho intramolecular Hbond substituents is 1. The average molecular weight is 601 g/mol. The number of ether oxygens (including phenoxy) is 1. The Bertz CT molecular complexity index is 1300. The van der Waals surface area contributed by atoms with Crippen molar-refractivity contribution in [3.05, 3.63) is 48.1 Å². The predicted octanol–water partition coefficient (Wildman–Crippen LogP) is 10.8. The van der Waals surface area contributed by atoms with Gasteiger partial charge in [0.25, 0.3) is 0 Å². The first-order chi connectivity index (χ1) is 20.8. The molecule has 5 fully saturated rings. The van der Waals surface area contributed by atoms with Crippen molar-refractivity contribution in [2.75, 3.05) is 0 Å². The van der Waals surface area contributed by atoms with Gasteiger partial charge in [0.1, 0.15) is 11.9 Å².